The lowest BCUT2D eigenvalue weighted by atomic mass is 10.0. The maximum Gasteiger partial charge on any atom is 0.341 e. The first kappa shape index (κ1) is 20.7. The van der Waals surface area contributed by atoms with Crippen LogP contribution in [0.15, 0.2) is 84.2 Å². The van der Waals surface area contributed by atoms with E-state index in [2.05, 4.69) is 20.5 Å². The maximum atomic E-state index is 13.0. The molecule has 0 fully saturated rings. The number of nitrogens with one attached hydrogen (secondary N) is 1. The van der Waals surface area contributed by atoms with Crippen molar-refractivity contribution in [3.63, 3.8) is 0 Å². The lowest BCUT2D eigenvalue weighted by Crippen LogP contribution is -2.18. The lowest BCUT2D eigenvalue weighted by molar-refractivity contribution is -0.139. The van der Waals surface area contributed by atoms with E-state index in [4.69, 9.17) is 9.84 Å². The highest BCUT2D eigenvalue weighted by Crippen LogP contribution is 2.24. The first-order valence-electron chi connectivity index (χ1n) is 9.69. The molecule has 0 saturated carbocycles. The normalized spacial score (nSPS) is 10.9. The van der Waals surface area contributed by atoms with Crippen LogP contribution in [-0.4, -0.2) is 39.8 Å². The number of carboxylic acid groups (broad SMARTS) is 1. The zero-order valence-corrected chi connectivity index (χ0v) is 16.8. The molecule has 0 atom stereocenters. The zero-order chi connectivity index (χ0) is 22.3. The number of aliphatic carboxylic acids is 1. The number of para-hydroxylation sites is 2. The van der Waals surface area contributed by atoms with Gasteiger partial charge in [0.1, 0.15) is 5.75 Å². The van der Waals surface area contributed by atoms with Gasteiger partial charge in [-0.15, -0.1) is 0 Å². The van der Waals surface area contributed by atoms with Gasteiger partial charge in [0.15, 0.2) is 6.61 Å². The number of fused-ring (bicyclic) bond motifs is 1. The molecule has 2 N–H and O–H groups in total. The van der Waals surface area contributed by atoms with Crippen molar-refractivity contribution in [2.75, 3.05) is 6.61 Å². The van der Waals surface area contributed by atoms with Crippen LogP contribution < -0.4 is 10.2 Å². The molecule has 0 aliphatic rings. The average Bonchev–Trinajstić information content (AvgIpc) is 2.83. The summed E-state index contributed by atoms with van der Waals surface area (Å²) in [6.07, 6.45) is 4.74. The summed E-state index contributed by atoms with van der Waals surface area (Å²) in [7, 11) is 0. The summed E-state index contributed by atoms with van der Waals surface area (Å²) in [4.78, 5) is 32.4. The summed E-state index contributed by atoms with van der Waals surface area (Å²) < 4.78 is 5.25. The van der Waals surface area contributed by atoms with Crippen molar-refractivity contribution in [2.24, 2.45) is 5.10 Å². The van der Waals surface area contributed by atoms with E-state index in [1.54, 1.807) is 42.7 Å². The molecule has 2 heterocycles. The smallest absolute Gasteiger partial charge is 0.341 e. The van der Waals surface area contributed by atoms with Gasteiger partial charge in [0.05, 0.1) is 23.0 Å². The second kappa shape index (κ2) is 9.48. The predicted octanol–water partition coefficient (Wildman–Crippen LogP) is 3.52. The minimum atomic E-state index is -1.08. The van der Waals surface area contributed by atoms with Gasteiger partial charge in [-0.25, -0.2) is 15.2 Å². The molecule has 1 amide bonds. The molecule has 4 aromatic rings. The maximum absolute atomic E-state index is 13.0. The number of amides is 1. The molecule has 0 bridgehead atoms. The van der Waals surface area contributed by atoms with Crippen molar-refractivity contribution in [3.8, 4) is 17.0 Å². The molecule has 8 heteroatoms. The van der Waals surface area contributed by atoms with E-state index in [0.717, 1.165) is 5.56 Å². The highest BCUT2D eigenvalue weighted by atomic mass is 16.5. The quantitative estimate of drug-likeness (QED) is 0.345. The summed E-state index contributed by atoms with van der Waals surface area (Å²) in [6, 6.07) is 19.5. The van der Waals surface area contributed by atoms with Crippen LogP contribution >= 0.6 is 0 Å². The number of hydrazone groups is 1. The van der Waals surface area contributed by atoms with Gasteiger partial charge in [0.25, 0.3) is 5.91 Å². The van der Waals surface area contributed by atoms with Crippen LogP contribution in [0.3, 0.4) is 0 Å². The Balaban J connectivity index is 1.60. The molecule has 0 radical (unpaired) electrons. The van der Waals surface area contributed by atoms with Crippen molar-refractivity contribution in [3.05, 3.63) is 90.3 Å². The van der Waals surface area contributed by atoms with Gasteiger partial charge in [0.2, 0.25) is 0 Å². The molecule has 0 unspecified atom stereocenters. The summed E-state index contributed by atoms with van der Waals surface area (Å²) in [6.45, 7) is -0.474. The summed E-state index contributed by atoms with van der Waals surface area (Å²) in [5, 5.41) is 13.5. The minimum absolute atomic E-state index is 0.349. The first-order valence-corrected chi connectivity index (χ1v) is 9.69. The number of carbonyl (C=O) groups is 2. The second-order valence-corrected chi connectivity index (χ2v) is 6.73. The molecule has 4 rings (SSSR count). The molecule has 8 nitrogen and oxygen atoms in total. The van der Waals surface area contributed by atoms with Gasteiger partial charge < -0.3 is 9.84 Å². The highest BCUT2D eigenvalue weighted by Gasteiger charge is 2.13. The Morgan fingerprint density at radius 2 is 1.78 bits per heavy atom. The predicted molar refractivity (Wildman–Crippen MR) is 120 cm³/mol. The molecular formula is C24H18N4O4. The molecule has 32 heavy (non-hydrogen) atoms. The Morgan fingerprint density at radius 3 is 2.59 bits per heavy atom. The van der Waals surface area contributed by atoms with Gasteiger partial charge in [-0.05, 0) is 36.4 Å². The Labute approximate surface area is 183 Å². The van der Waals surface area contributed by atoms with Crippen molar-refractivity contribution >= 4 is 29.0 Å². The third-order valence-corrected chi connectivity index (χ3v) is 4.58. The molecule has 0 aliphatic heterocycles. The number of aromatic nitrogens is 2. The van der Waals surface area contributed by atoms with Crippen LogP contribution in [0.4, 0.5) is 0 Å². The van der Waals surface area contributed by atoms with E-state index in [1.807, 2.05) is 36.4 Å². The molecule has 0 aliphatic carbocycles. The topological polar surface area (TPSA) is 114 Å². The Bertz CT molecular complexity index is 1310. The van der Waals surface area contributed by atoms with E-state index in [-0.39, 0.29) is 0 Å². The van der Waals surface area contributed by atoms with E-state index >= 15 is 0 Å². The van der Waals surface area contributed by atoms with Gasteiger partial charge in [-0.1, -0.05) is 30.3 Å². The van der Waals surface area contributed by atoms with E-state index in [0.29, 0.717) is 33.5 Å². The van der Waals surface area contributed by atoms with Crippen LogP contribution in [0.25, 0.3) is 22.2 Å². The molecular weight excluding hydrogens is 408 g/mol. The SMILES string of the molecule is O=C(O)COc1ccccc1/C=N/NC(=O)c1cc(-c2ccncc2)nc2ccccc12. The zero-order valence-electron chi connectivity index (χ0n) is 16.8. The van der Waals surface area contributed by atoms with Gasteiger partial charge in [-0.2, -0.15) is 5.10 Å². The number of carboxylic acids is 1. The number of pyridine rings is 2. The van der Waals surface area contributed by atoms with Gasteiger partial charge in [-0.3, -0.25) is 9.78 Å². The fraction of sp³-hybridized carbons (Fsp3) is 0.0417. The van der Waals surface area contributed by atoms with Crippen LogP contribution in [0.1, 0.15) is 15.9 Å². The number of rotatable bonds is 7. The highest BCUT2D eigenvalue weighted by molar-refractivity contribution is 6.07. The molecule has 2 aromatic heterocycles. The Morgan fingerprint density at radius 1 is 1.03 bits per heavy atom. The largest absolute Gasteiger partial charge is 0.481 e. The minimum Gasteiger partial charge on any atom is -0.481 e. The van der Waals surface area contributed by atoms with Crippen molar-refractivity contribution in [1.82, 2.24) is 15.4 Å². The molecule has 158 valence electrons. The van der Waals surface area contributed by atoms with Gasteiger partial charge >= 0.3 is 5.97 Å². The molecule has 2 aromatic carbocycles. The number of hydrogen-bond donors (Lipinski definition) is 2. The van der Waals surface area contributed by atoms with Crippen LogP contribution in [0, 0.1) is 0 Å². The lowest BCUT2D eigenvalue weighted by Gasteiger charge is -2.09. The number of carbonyl (C=O) groups excluding carboxylic acids is 1. The third kappa shape index (κ3) is 4.76. The number of nitrogens with zero attached hydrogens (tertiary/aromatic N) is 3. The van der Waals surface area contributed by atoms with E-state index in [1.165, 1.54) is 6.21 Å². The van der Waals surface area contributed by atoms with Gasteiger partial charge in [0, 0.05) is 28.9 Å². The Hall–Kier alpha value is -4.59. The van der Waals surface area contributed by atoms with Crippen LogP contribution in [0.2, 0.25) is 0 Å². The van der Waals surface area contributed by atoms with Crippen molar-refractivity contribution in [2.45, 2.75) is 0 Å². The first-order chi connectivity index (χ1) is 15.6. The monoisotopic (exact) mass is 426 g/mol. The fourth-order valence-corrected chi connectivity index (χ4v) is 3.11. The standard InChI is InChI=1S/C24H18N4O4/c29-23(30)15-32-22-8-4-1-5-17(22)14-26-28-24(31)19-13-21(16-9-11-25-12-10-16)27-20-7-3-2-6-18(19)20/h1-14H,15H2,(H,28,31)(H,29,30)/b26-14+. The molecule has 0 saturated heterocycles. The van der Waals surface area contributed by atoms with Crippen LogP contribution in [0.5, 0.6) is 5.75 Å². The summed E-state index contributed by atoms with van der Waals surface area (Å²) in [5.74, 6) is -1.14. The number of benzene rings is 2. The van der Waals surface area contributed by atoms with E-state index < -0.39 is 18.5 Å². The number of ether oxygens (including phenoxy) is 1. The third-order valence-electron chi connectivity index (χ3n) is 4.58. The van der Waals surface area contributed by atoms with Crippen LogP contribution in [-0.2, 0) is 4.79 Å². The average molecular weight is 426 g/mol. The number of hydrogen-bond acceptors (Lipinski definition) is 6. The summed E-state index contributed by atoms with van der Waals surface area (Å²) >= 11 is 0. The van der Waals surface area contributed by atoms with Crippen molar-refractivity contribution < 1.29 is 19.4 Å². The molecule has 0 spiro atoms. The second-order valence-electron chi connectivity index (χ2n) is 6.73. The summed E-state index contributed by atoms with van der Waals surface area (Å²) in [5.41, 5.74) is 5.66. The van der Waals surface area contributed by atoms with E-state index in [9.17, 15) is 9.59 Å². The fourth-order valence-electron chi connectivity index (χ4n) is 3.11. The Kier molecular flexibility index (Phi) is 6.12. The van der Waals surface area contributed by atoms with Crippen molar-refractivity contribution in [1.29, 1.82) is 0 Å².